The smallest absolute Gasteiger partial charge is 0.326 e. The highest BCUT2D eigenvalue weighted by atomic mass is 32.1. The van der Waals surface area contributed by atoms with Crippen LogP contribution in [0.1, 0.15) is 39.0 Å². The SMILES string of the molecule is CC(C)CC(NC(=O)CCCc1nc(-c2cccs2)no1)C(=O)O. The zero-order chi connectivity index (χ0) is 17.5. The predicted octanol–water partition coefficient (Wildman–Crippen LogP) is 2.74. The van der Waals surface area contributed by atoms with Crippen LogP contribution >= 0.6 is 11.3 Å². The van der Waals surface area contributed by atoms with Crippen LogP contribution < -0.4 is 5.32 Å². The second kappa shape index (κ2) is 8.58. The molecule has 2 heterocycles. The number of aromatic nitrogens is 2. The monoisotopic (exact) mass is 351 g/mol. The minimum absolute atomic E-state index is 0.195. The van der Waals surface area contributed by atoms with Crippen LogP contribution in [-0.4, -0.2) is 33.2 Å². The number of aryl methyl sites for hydroxylation is 1. The molecular formula is C16H21N3O4S. The van der Waals surface area contributed by atoms with Crippen molar-refractivity contribution in [3.05, 3.63) is 23.4 Å². The molecule has 0 radical (unpaired) electrons. The van der Waals surface area contributed by atoms with E-state index < -0.39 is 12.0 Å². The number of carboxylic acid groups (broad SMARTS) is 1. The fourth-order valence-electron chi connectivity index (χ4n) is 2.22. The van der Waals surface area contributed by atoms with Gasteiger partial charge >= 0.3 is 5.97 Å². The van der Waals surface area contributed by atoms with E-state index in [1.165, 1.54) is 11.3 Å². The van der Waals surface area contributed by atoms with Gasteiger partial charge in [-0.3, -0.25) is 4.79 Å². The summed E-state index contributed by atoms with van der Waals surface area (Å²) in [5.41, 5.74) is 0. The normalized spacial score (nSPS) is 12.3. The van der Waals surface area contributed by atoms with Crippen molar-refractivity contribution in [3.63, 3.8) is 0 Å². The third kappa shape index (κ3) is 5.45. The third-order valence-corrected chi connectivity index (χ3v) is 4.21. The van der Waals surface area contributed by atoms with Crippen LogP contribution in [0.15, 0.2) is 22.0 Å². The van der Waals surface area contributed by atoms with Gasteiger partial charge in [-0.05, 0) is 30.2 Å². The minimum atomic E-state index is -1.01. The van der Waals surface area contributed by atoms with Crippen LogP contribution in [-0.2, 0) is 16.0 Å². The zero-order valence-electron chi connectivity index (χ0n) is 13.7. The summed E-state index contributed by atoms with van der Waals surface area (Å²) in [5, 5.41) is 17.5. The van der Waals surface area contributed by atoms with Gasteiger partial charge in [-0.25, -0.2) is 4.79 Å². The first-order valence-corrected chi connectivity index (χ1v) is 8.72. The molecule has 1 unspecified atom stereocenters. The zero-order valence-corrected chi connectivity index (χ0v) is 14.5. The predicted molar refractivity (Wildman–Crippen MR) is 89.6 cm³/mol. The van der Waals surface area contributed by atoms with E-state index in [1.54, 1.807) is 0 Å². The molecule has 0 aliphatic heterocycles. The van der Waals surface area contributed by atoms with Gasteiger partial charge in [0, 0.05) is 12.8 Å². The standard InChI is InChI=1S/C16H21N3O4S/c1-10(2)9-11(16(21)22)17-13(20)6-3-7-14-18-15(19-23-14)12-5-4-8-24-12/h4-5,8,10-11H,3,6-7,9H2,1-2H3,(H,17,20)(H,21,22). The number of hydrogen-bond donors (Lipinski definition) is 2. The van der Waals surface area contributed by atoms with E-state index in [9.17, 15) is 9.59 Å². The van der Waals surface area contributed by atoms with Crippen LogP contribution in [0.5, 0.6) is 0 Å². The molecule has 2 aromatic heterocycles. The minimum Gasteiger partial charge on any atom is -0.480 e. The van der Waals surface area contributed by atoms with Crippen molar-refractivity contribution in [2.75, 3.05) is 0 Å². The highest BCUT2D eigenvalue weighted by Gasteiger charge is 2.20. The van der Waals surface area contributed by atoms with Gasteiger partial charge in [0.2, 0.25) is 17.6 Å². The van der Waals surface area contributed by atoms with E-state index in [4.69, 9.17) is 9.63 Å². The average Bonchev–Trinajstić information content (AvgIpc) is 3.16. The first-order chi connectivity index (χ1) is 11.5. The number of aliphatic carboxylic acids is 1. The molecule has 0 aliphatic rings. The number of nitrogens with one attached hydrogen (secondary N) is 1. The lowest BCUT2D eigenvalue weighted by Gasteiger charge is -2.16. The topological polar surface area (TPSA) is 105 Å². The van der Waals surface area contributed by atoms with Crippen LogP contribution in [0.2, 0.25) is 0 Å². The van der Waals surface area contributed by atoms with Crippen molar-refractivity contribution in [2.45, 2.75) is 45.6 Å². The first-order valence-electron chi connectivity index (χ1n) is 7.84. The molecule has 0 aliphatic carbocycles. The van der Waals surface area contributed by atoms with E-state index >= 15 is 0 Å². The van der Waals surface area contributed by atoms with Gasteiger partial charge in [0.05, 0.1) is 4.88 Å². The molecule has 0 bridgehead atoms. The lowest BCUT2D eigenvalue weighted by atomic mass is 10.0. The Balaban J connectivity index is 1.77. The molecule has 1 amide bonds. The van der Waals surface area contributed by atoms with Crippen LogP contribution in [0.4, 0.5) is 0 Å². The molecule has 7 nitrogen and oxygen atoms in total. The van der Waals surface area contributed by atoms with Gasteiger partial charge in [-0.1, -0.05) is 25.1 Å². The molecule has 0 spiro atoms. The lowest BCUT2D eigenvalue weighted by Crippen LogP contribution is -2.41. The second-order valence-electron chi connectivity index (χ2n) is 5.93. The Hall–Kier alpha value is -2.22. The highest BCUT2D eigenvalue weighted by Crippen LogP contribution is 2.21. The lowest BCUT2D eigenvalue weighted by molar-refractivity contribution is -0.142. The number of carboxylic acids is 1. The molecule has 24 heavy (non-hydrogen) atoms. The maximum atomic E-state index is 11.9. The fraction of sp³-hybridized carbons (Fsp3) is 0.500. The van der Waals surface area contributed by atoms with Crippen LogP contribution in [0.25, 0.3) is 10.7 Å². The molecule has 2 aromatic rings. The molecule has 2 N–H and O–H groups in total. The number of nitrogens with zero attached hydrogens (tertiary/aromatic N) is 2. The van der Waals surface area contributed by atoms with E-state index in [-0.39, 0.29) is 18.2 Å². The summed E-state index contributed by atoms with van der Waals surface area (Å²) in [5.74, 6) is -0.0634. The van der Waals surface area contributed by atoms with Gasteiger partial charge in [0.15, 0.2) is 0 Å². The Morgan fingerprint density at radius 2 is 2.21 bits per heavy atom. The third-order valence-electron chi connectivity index (χ3n) is 3.34. The van der Waals surface area contributed by atoms with Crippen molar-refractivity contribution in [3.8, 4) is 10.7 Å². The summed E-state index contributed by atoms with van der Waals surface area (Å²) in [7, 11) is 0. The molecule has 130 valence electrons. The van der Waals surface area contributed by atoms with E-state index in [0.717, 1.165) is 4.88 Å². The molecule has 0 saturated heterocycles. The van der Waals surface area contributed by atoms with Gasteiger partial charge in [-0.15, -0.1) is 11.3 Å². The number of rotatable bonds is 9. The number of carbonyl (C=O) groups excluding carboxylic acids is 1. The Morgan fingerprint density at radius 3 is 2.83 bits per heavy atom. The second-order valence-corrected chi connectivity index (χ2v) is 6.88. The fourth-order valence-corrected chi connectivity index (χ4v) is 2.87. The Labute approximate surface area is 144 Å². The molecule has 8 heteroatoms. The van der Waals surface area contributed by atoms with E-state index in [0.29, 0.717) is 31.0 Å². The number of hydrogen-bond acceptors (Lipinski definition) is 6. The summed E-state index contributed by atoms with van der Waals surface area (Å²) in [6, 6.07) is 2.98. The van der Waals surface area contributed by atoms with Gasteiger partial charge < -0.3 is 14.9 Å². The summed E-state index contributed by atoms with van der Waals surface area (Å²) in [6.07, 6.45) is 1.63. The maximum absolute atomic E-state index is 11.9. The van der Waals surface area contributed by atoms with Gasteiger partial charge in [0.25, 0.3) is 0 Å². The average molecular weight is 351 g/mol. The largest absolute Gasteiger partial charge is 0.480 e. The van der Waals surface area contributed by atoms with Crippen LogP contribution in [0.3, 0.4) is 0 Å². The molecule has 2 rings (SSSR count). The van der Waals surface area contributed by atoms with Crippen molar-refractivity contribution < 1.29 is 19.2 Å². The number of carbonyl (C=O) groups is 2. The molecular weight excluding hydrogens is 330 g/mol. The Morgan fingerprint density at radius 1 is 1.42 bits per heavy atom. The number of thiophene rings is 1. The van der Waals surface area contributed by atoms with E-state index in [1.807, 2.05) is 31.4 Å². The van der Waals surface area contributed by atoms with Crippen molar-refractivity contribution in [2.24, 2.45) is 5.92 Å². The Bertz CT molecular complexity index is 667. The van der Waals surface area contributed by atoms with Gasteiger partial charge in [-0.2, -0.15) is 4.98 Å². The summed E-state index contributed by atoms with van der Waals surface area (Å²) < 4.78 is 5.16. The molecule has 0 saturated carbocycles. The van der Waals surface area contributed by atoms with Crippen molar-refractivity contribution >= 4 is 23.2 Å². The summed E-state index contributed by atoms with van der Waals surface area (Å²) >= 11 is 1.53. The first kappa shape index (κ1) is 18.1. The van der Waals surface area contributed by atoms with Gasteiger partial charge in [0.1, 0.15) is 6.04 Å². The van der Waals surface area contributed by atoms with E-state index in [2.05, 4.69) is 15.5 Å². The van der Waals surface area contributed by atoms with Crippen molar-refractivity contribution in [1.29, 1.82) is 0 Å². The number of amides is 1. The molecule has 1 atom stereocenters. The molecule has 0 fully saturated rings. The van der Waals surface area contributed by atoms with Crippen LogP contribution in [0, 0.1) is 5.92 Å². The molecule has 0 aromatic carbocycles. The van der Waals surface area contributed by atoms with Crippen molar-refractivity contribution in [1.82, 2.24) is 15.5 Å². The maximum Gasteiger partial charge on any atom is 0.326 e. The quantitative estimate of drug-likeness (QED) is 0.719. The summed E-state index contributed by atoms with van der Waals surface area (Å²) in [4.78, 5) is 28.2. The summed E-state index contributed by atoms with van der Waals surface area (Å²) in [6.45, 7) is 3.84. The Kier molecular flexibility index (Phi) is 6.48. The highest BCUT2D eigenvalue weighted by molar-refractivity contribution is 7.13.